The highest BCUT2D eigenvalue weighted by molar-refractivity contribution is 5.95. The molecule has 1 rings (SSSR count). The van der Waals surface area contributed by atoms with Gasteiger partial charge in [0.1, 0.15) is 0 Å². The molecule has 20 heavy (non-hydrogen) atoms. The van der Waals surface area contributed by atoms with Crippen LogP contribution in [0.3, 0.4) is 0 Å². The fourth-order valence-corrected chi connectivity index (χ4v) is 2.31. The second-order valence-electron chi connectivity index (χ2n) is 5.05. The number of amides is 3. The largest absolute Gasteiger partial charge is 0.480 e. The van der Waals surface area contributed by atoms with Crippen LogP contribution in [0.1, 0.15) is 39.0 Å². The number of carboxylic acids is 1. The van der Waals surface area contributed by atoms with Gasteiger partial charge >= 0.3 is 12.0 Å². The average molecular weight is 285 g/mol. The molecule has 0 saturated heterocycles. The molecule has 0 heterocycles. The monoisotopic (exact) mass is 285 g/mol. The van der Waals surface area contributed by atoms with Crippen LogP contribution >= 0.6 is 0 Å². The SMILES string of the molecule is CCN(CC(=O)O)CC(=O)NC(=O)NC1CCCCC1. The van der Waals surface area contributed by atoms with Gasteiger partial charge in [-0.25, -0.2) is 4.79 Å². The van der Waals surface area contributed by atoms with Gasteiger partial charge in [-0.15, -0.1) is 0 Å². The van der Waals surface area contributed by atoms with Crippen LogP contribution in [0.2, 0.25) is 0 Å². The molecule has 1 aliphatic carbocycles. The summed E-state index contributed by atoms with van der Waals surface area (Å²) in [5.41, 5.74) is 0. The molecule has 0 unspecified atom stereocenters. The zero-order valence-corrected chi connectivity index (χ0v) is 11.9. The van der Waals surface area contributed by atoms with Gasteiger partial charge in [-0.1, -0.05) is 26.2 Å². The van der Waals surface area contributed by atoms with E-state index in [1.54, 1.807) is 6.92 Å². The summed E-state index contributed by atoms with van der Waals surface area (Å²) in [4.78, 5) is 35.3. The number of rotatable bonds is 6. The minimum Gasteiger partial charge on any atom is -0.480 e. The Balaban J connectivity index is 2.29. The highest BCUT2D eigenvalue weighted by atomic mass is 16.4. The van der Waals surface area contributed by atoms with Crippen molar-refractivity contribution in [1.29, 1.82) is 0 Å². The lowest BCUT2D eigenvalue weighted by atomic mass is 9.96. The summed E-state index contributed by atoms with van der Waals surface area (Å²) in [5.74, 6) is -1.48. The van der Waals surface area contributed by atoms with Crippen molar-refractivity contribution in [2.45, 2.75) is 45.1 Å². The molecular formula is C13H23N3O4. The molecule has 0 atom stereocenters. The average Bonchev–Trinajstić information content (AvgIpc) is 2.38. The molecule has 114 valence electrons. The van der Waals surface area contributed by atoms with Crippen LogP contribution in [-0.4, -0.2) is 53.6 Å². The summed E-state index contributed by atoms with van der Waals surface area (Å²) in [7, 11) is 0. The van der Waals surface area contributed by atoms with E-state index in [0.29, 0.717) is 6.54 Å². The van der Waals surface area contributed by atoms with Crippen LogP contribution in [0, 0.1) is 0 Å². The molecule has 0 spiro atoms. The quantitative estimate of drug-likeness (QED) is 0.662. The molecule has 7 nitrogen and oxygen atoms in total. The number of nitrogens with zero attached hydrogens (tertiary/aromatic N) is 1. The molecule has 0 aromatic carbocycles. The number of likely N-dealkylation sites (N-methyl/N-ethyl adjacent to an activating group) is 1. The Kier molecular flexibility index (Phi) is 7.00. The summed E-state index contributed by atoms with van der Waals surface area (Å²) in [5, 5.41) is 13.7. The van der Waals surface area contributed by atoms with Crippen LogP contribution in [0.5, 0.6) is 0 Å². The lowest BCUT2D eigenvalue weighted by molar-refractivity contribution is -0.138. The van der Waals surface area contributed by atoms with Crippen molar-refractivity contribution >= 4 is 17.9 Å². The van der Waals surface area contributed by atoms with Crippen molar-refractivity contribution in [3.63, 3.8) is 0 Å². The lowest BCUT2D eigenvalue weighted by Gasteiger charge is -2.23. The molecule has 7 heteroatoms. The van der Waals surface area contributed by atoms with Gasteiger partial charge in [0.05, 0.1) is 13.1 Å². The first-order chi connectivity index (χ1) is 9.51. The third-order valence-electron chi connectivity index (χ3n) is 3.37. The molecule has 1 aliphatic rings. The predicted octanol–water partition coefficient (Wildman–Crippen LogP) is 0.551. The third-order valence-corrected chi connectivity index (χ3v) is 3.37. The fraction of sp³-hybridized carbons (Fsp3) is 0.769. The highest BCUT2D eigenvalue weighted by Gasteiger charge is 2.18. The molecule has 0 aromatic rings. The number of imide groups is 1. The number of hydrogen-bond donors (Lipinski definition) is 3. The maximum Gasteiger partial charge on any atom is 0.321 e. The second-order valence-corrected chi connectivity index (χ2v) is 5.05. The first kappa shape index (κ1) is 16.4. The summed E-state index contributed by atoms with van der Waals surface area (Å²) in [6.07, 6.45) is 5.28. The van der Waals surface area contributed by atoms with Crippen molar-refractivity contribution in [1.82, 2.24) is 15.5 Å². The zero-order chi connectivity index (χ0) is 15.0. The molecule has 0 bridgehead atoms. The van der Waals surface area contributed by atoms with Crippen molar-refractivity contribution < 1.29 is 19.5 Å². The minimum atomic E-state index is -0.994. The minimum absolute atomic E-state index is 0.0963. The first-order valence-electron chi connectivity index (χ1n) is 7.05. The Hall–Kier alpha value is -1.63. The standard InChI is InChI=1S/C13H23N3O4/c1-2-16(9-12(18)19)8-11(17)15-13(20)14-10-6-4-3-5-7-10/h10H,2-9H2,1H3,(H,18,19)(H2,14,15,17,20). The van der Waals surface area contributed by atoms with E-state index in [1.807, 2.05) is 0 Å². The molecule has 1 fully saturated rings. The zero-order valence-electron chi connectivity index (χ0n) is 11.9. The lowest BCUT2D eigenvalue weighted by Crippen LogP contribution is -2.48. The van der Waals surface area contributed by atoms with Crippen molar-refractivity contribution in [2.75, 3.05) is 19.6 Å². The Morgan fingerprint density at radius 1 is 1.15 bits per heavy atom. The topological polar surface area (TPSA) is 98.7 Å². The summed E-state index contributed by atoms with van der Waals surface area (Å²) in [6.45, 7) is 1.89. The summed E-state index contributed by atoms with van der Waals surface area (Å²) >= 11 is 0. The molecule has 0 aliphatic heterocycles. The van der Waals surface area contributed by atoms with Crippen LogP contribution in [0.4, 0.5) is 4.79 Å². The van der Waals surface area contributed by atoms with Gasteiger partial charge in [0.2, 0.25) is 5.91 Å². The highest BCUT2D eigenvalue weighted by Crippen LogP contribution is 2.17. The van der Waals surface area contributed by atoms with Gasteiger partial charge in [-0.2, -0.15) is 0 Å². The predicted molar refractivity (Wildman–Crippen MR) is 73.3 cm³/mol. The van der Waals surface area contributed by atoms with Crippen LogP contribution in [0.25, 0.3) is 0 Å². The molecule has 3 N–H and O–H groups in total. The van der Waals surface area contributed by atoms with E-state index < -0.39 is 17.9 Å². The molecule has 0 radical (unpaired) electrons. The molecular weight excluding hydrogens is 262 g/mol. The van der Waals surface area contributed by atoms with Crippen LogP contribution in [-0.2, 0) is 9.59 Å². The number of aliphatic carboxylic acids is 1. The number of nitrogens with one attached hydrogen (secondary N) is 2. The Bertz CT molecular complexity index is 354. The maximum atomic E-state index is 11.6. The van der Waals surface area contributed by atoms with Gasteiger partial charge in [-0.3, -0.25) is 19.8 Å². The number of hydrogen-bond acceptors (Lipinski definition) is 4. The number of urea groups is 1. The van der Waals surface area contributed by atoms with Crippen LogP contribution < -0.4 is 10.6 Å². The van der Waals surface area contributed by atoms with E-state index >= 15 is 0 Å². The van der Waals surface area contributed by atoms with Gasteiger partial charge < -0.3 is 10.4 Å². The molecule has 3 amide bonds. The number of carbonyl (C=O) groups excluding carboxylic acids is 2. The van der Waals surface area contributed by atoms with Crippen LogP contribution in [0.15, 0.2) is 0 Å². The van der Waals surface area contributed by atoms with Crippen molar-refractivity contribution in [2.24, 2.45) is 0 Å². The van der Waals surface area contributed by atoms with E-state index in [1.165, 1.54) is 11.3 Å². The van der Waals surface area contributed by atoms with Gasteiger partial charge in [0.25, 0.3) is 0 Å². The van der Waals surface area contributed by atoms with E-state index in [0.717, 1.165) is 25.7 Å². The van der Waals surface area contributed by atoms with Gasteiger partial charge in [-0.05, 0) is 19.4 Å². The Labute approximate surface area is 118 Å². The van der Waals surface area contributed by atoms with Gasteiger partial charge in [0.15, 0.2) is 0 Å². The van der Waals surface area contributed by atoms with E-state index in [4.69, 9.17) is 5.11 Å². The van der Waals surface area contributed by atoms with Gasteiger partial charge in [0, 0.05) is 6.04 Å². The second kappa shape index (κ2) is 8.52. The Morgan fingerprint density at radius 3 is 2.35 bits per heavy atom. The first-order valence-corrected chi connectivity index (χ1v) is 7.05. The van der Waals surface area contributed by atoms with Crippen molar-refractivity contribution in [3.8, 4) is 0 Å². The van der Waals surface area contributed by atoms with E-state index in [2.05, 4.69) is 10.6 Å². The van der Waals surface area contributed by atoms with Crippen molar-refractivity contribution in [3.05, 3.63) is 0 Å². The summed E-state index contributed by atoms with van der Waals surface area (Å²) in [6, 6.07) is -0.355. The van der Waals surface area contributed by atoms with E-state index in [9.17, 15) is 14.4 Å². The molecule has 1 saturated carbocycles. The summed E-state index contributed by atoms with van der Waals surface area (Å²) < 4.78 is 0. The fourth-order valence-electron chi connectivity index (χ4n) is 2.31. The number of carboxylic acid groups (broad SMARTS) is 1. The smallest absolute Gasteiger partial charge is 0.321 e. The third kappa shape index (κ3) is 6.51. The normalized spacial score (nSPS) is 15.9. The number of carbonyl (C=O) groups is 3. The maximum absolute atomic E-state index is 11.6. The molecule has 0 aromatic heterocycles. The van der Waals surface area contributed by atoms with E-state index in [-0.39, 0.29) is 19.1 Å². The Morgan fingerprint density at radius 2 is 1.80 bits per heavy atom.